The van der Waals surface area contributed by atoms with Gasteiger partial charge in [0.2, 0.25) is 0 Å². The standard InChI is InChI=1S/C10H9BrN2O5/c1-5(9(12)14)18-10(15)6-2-3-7(11)8(4-6)13(16)17/h2-5H,1H3,(H2,12,14)/t5-/m1/s1. The molecule has 0 saturated heterocycles. The molecule has 1 aromatic carbocycles. The molecule has 7 nitrogen and oxygen atoms in total. The van der Waals surface area contributed by atoms with Gasteiger partial charge in [-0.15, -0.1) is 0 Å². The van der Waals surface area contributed by atoms with Crippen LogP contribution in [0.15, 0.2) is 22.7 Å². The number of carbonyl (C=O) groups excluding carboxylic acids is 2. The van der Waals surface area contributed by atoms with Gasteiger partial charge in [-0.1, -0.05) is 0 Å². The van der Waals surface area contributed by atoms with Crippen molar-refractivity contribution in [3.05, 3.63) is 38.3 Å². The normalized spacial score (nSPS) is 11.7. The Kier molecular flexibility index (Phi) is 4.38. The number of nitro groups is 1. The zero-order valence-corrected chi connectivity index (χ0v) is 10.8. The smallest absolute Gasteiger partial charge is 0.339 e. The van der Waals surface area contributed by atoms with Gasteiger partial charge < -0.3 is 10.5 Å². The molecule has 1 atom stereocenters. The maximum Gasteiger partial charge on any atom is 0.339 e. The van der Waals surface area contributed by atoms with Crippen molar-refractivity contribution in [1.82, 2.24) is 0 Å². The van der Waals surface area contributed by atoms with Gasteiger partial charge in [0.25, 0.3) is 11.6 Å². The summed E-state index contributed by atoms with van der Waals surface area (Å²) in [4.78, 5) is 32.3. The predicted octanol–water partition coefficient (Wildman–Crippen LogP) is 1.39. The highest BCUT2D eigenvalue weighted by molar-refractivity contribution is 9.10. The van der Waals surface area contributed by atoms with E-state index in [0.717, 1.165) is 6.07 Å². The minimum Gasteiger partial charge on any atom is -0.449 e. The van der Waals surface area contributed by atoms with Gasteiger partial charge in [0.1, 0.15) is 0 Å². The van der Waals surface area contributed by atoms with Crippen molar-refractivity contribution in [3.63, 3.8) is 0 Å². The van der Waals surface area contributed by atoms with Crippen LogP contribution in [0.25, 0.3) is 0 Å². The molecule has 8 heteroatoms. The summed E-state index contributed by atoms with van der Waals surface area (Å²) in [6.07, 6.45) is -1.10. The fourth-order valence-corrected chi connectivity index (χ4v) is 1.46. The van der Waals surface area contributed by atoms with Gasteiger partial charge in [0, 0.05) is 6.07 Å². The molecule has 0 heterocycles. The second kappa shape index (κ2) is 5.58. The molecule has 1 rings (SSSR count). The van der Waals surface area contributed by atoms with Crippen LogP contribution in [0.2, 0.25) is 0 Å². The van der Waals surface area contributed by atoms with Crippen molar-refractivity contribution >= 4 is 33.5 Å². The van der Waals surface area contributed by atoms with E-state index in [1.165, 1.54) is 19.1 Å². The molecule has 1 aromatic rings. The van der Waals surface area contributed by atoms with Gasteiger partial charge in [-0.3, -0.25) is 14.9 Å². The lowest BCUT2D eigenvalue weighted by molar-refractivity contribution is -0.385. The van der Waals surface area contributed by atoms with Gasteiger partial charge in [-0.25, -0.2) is 4.79 Å². The number of nitro benzene ring substituents is 1. The Bertz CT molecular complexity index is 517. The fraction of sp³-hybridized carbons (Fsp3) is 0.200. The molecular weight excluding hydrogens is 308 g/mol. The second-order valence-corrected chi connectivity index (χ2v) is 4.23. The molecule has 0 fully saturated rings. The number of nitrogens with zero attached hydrogens (tertiary/aromatic N) is 1. The third-order valence-corrected chi connectivity index (χ3v) is 2.73. The SMILES string of the molecule is C[C@@H](OC(=O)c1ccc(Br)c([N+](=O)[O-])c1)C(N)=O. The lowest BCUT2D eigenvalue weighted by Crippen LogP contribution is -2.30. The van der Waals surface area contributed by atoms with E-state index in [-0.39, 0.29) is 15.7 Å². The summed E-state index contributed by atoms with van der Waals surface area (Å²) in [5.41, 5.74) is 4.64. The van der Waals surface area contributed by atoms with E-state index >= 15 is 0 Å². The zero-order chi connectivity index (χ0) is 13.9. The van der Waals surface area contributed by atoms with Crippen LogP contribution in [-0.4, -0.2) is 22.9 Å². The van der Waals surface area contributed by atoms with Crippen LogP contribution in [0.1, 0.15) is 17.3 Å². The first kappa shape index (κ1) is 14.1. The van der Waals surface area contributed by atoms with Gasteiger partial charge in [0.05, 0.1) is 15.0 Å². The number of ether oxygens (including phenoxy) is 1. The zero-order valence-electron chi connectivity index (χ0n) is 9.25. The molecule has 0 aliphatic carbocycles. The number of nitrogens with two attached hydrogens (primary N) is 1. The Balaban J connectivity index is 2.97. The average molecular weight is 317 g/mol. The lowest BCUT2D eigenvalue weighted by atomic mass is 10.2. The average Bonchev–Trinajstić information content (AvgIpc) is 2.28. The van der Waals surface area contributed by atoms with Crippen molar-refractivity contribution in [2.45, 2.75) is 13.0 Å². The van der Waals surface area contributed by atoms with Crippen LogP contribution in [0, 0.1) is 10.1 Å². The van der Waals surface area contributed by atoms with Gasteiger partial charge >= 0.3 is 5.97 Å². The third kappa shape index (κ3) is 3.27. The van der Waals surface area contributed by atoms with Crippen LogP contribution in [0.3, 0.4) is 0 Å². The third-order valence-electron chi connectivity index (χ3n) is 2.06. The van der Waals surface area contributed by atoms with Gasteiger partial charge in [-0.2, -0.15) is 0 Å². The Morgan fingerprint density at radius 1 is 1.50 bits per heavy atom. The topological polar surface area (TPSA) is 113 Å². The van der Waals surface area contributed by atoms with E-state index in [1.54, 1.807) is 0 Å². The molecule has 0 aromatic heterocycles. The van der Waals surface area contributed by atoms with Crippen LogP contribution >= 0.6 is 15.9 Å². The molecule has 2 N–H and O–H groups in total. The van der Waals surface area contributed by atoms with E-state index in [1.807, 2.05) is 0 Å². The maximum atomic E-state index is 11.6. The number of primary amides is 1. The first-order valence-electron chi connectivity index (χ1n) is 4.77. The van der Waals surface area contributed by atoms with E-state index in [0.29, 0.717) is 0 Å². The Morgan fingerprint density at radius 2 is 2.11 bits per heavy atom. The number of amides is 1. The number of rotatable bonds is 4. The number of hydrogen-bond donors (Lipinski definition) is 1. The first-order chi connectivity index (χ1) is 8.32. The lowest BCUT2D eigenvalue weighted by Gasteiger charge is -2.09. The highest BCUT2D eigenvalue weighted by atomic mass is 79.9. The molecule has 1 amide bonds. The summed E-state index contributed by atoms with van der Waals surface area (Å²) in [6, 6.07) is 3.75. The van der Waals surface area contributed by atoms with E-state index in [9.17, 15) is 19.7 Å². The molecule has 96 valence electrons. The van der Waals surface area contributed by atoms with Gasteiger partial charge in [-0.05, 0) is 35.0 Å². The summed E-state index contributed by atoms with van der Waals surface area (Å²) in [5, 5.41) is 10.7. The highest BCUT2D eigenvalue weighted by Crippen LogP contribution is 2.25. The monoisotopic (exact) mass is 316 g/mol. The molecule has 0 aliphatic rings. The minimum atomic E-state index is -1.10. The highest BCUT2D eigenvalue weighted by Gasteiger charge is 2.20. The predicted molar refractivity (Wildman–Crippen MR) is 64.9 cm³/mol. The van der Waals surface area contributed by atoms with Crippen LogP contribution < -0.4 is 5.73 Å². The number of hydrogen-bond acceptors (Lipinski definition) is 5. The Labute approximate surface area is 110 Å². The van der Waals surface area contributed by atoms with Crippen molar-refractivity contribution in [1.29, 1.82) is 0 Å². The Morgan fingerprint density at radius 3 is 2.61 bits per heavy atom. The van der Waals surface area contributed by atoms with Crippen LogP contribution in [0.4, 0.5) is 5.69 Å². The van der Waals surface area contributed by atoms with Crippen molar-refractivity contribution < 1.29 is 19.2 Å². The summed E-state index contributed by atoms with van der Waals surface area (Å²) in [6.45, 7) is 1.31. The molecule has 0 saturated carbocycles. The molecule has 18 heavy (non-hydrogen) atoms. The second-order valence-electron chi connectivity index (χ2n) is 3.37. The molecule has 0 spiro atoms. The molecule has 0 unspecified atom stereocenters. The van der Waals surface area contributed by atoms with Crippen LogP contribution in [-0.2, 0) is 9.53 Å². The largest absolute Gasteiger partial charge is 0.449 e. The first-order valence-corrected chi connectivity index (χ1v) is 5.56. The fourth-order valence-electron chi connectivity index (χ4n) is 1.07. The summed E-state index contributed by atoms with van der Waals surface area (Å²) >= 11 is 2.99. The molecular formula is C10H9BrN2O5. The summed E-state index contributed by atoms with van der Waals surface area (Å²) in [5.74, 6) is -1.65. The van der Waals surface area contributed by atoms with Crippen molar-refractivity contribution in [2.24, 2.45) is 5.73 Å². The minimum absolute atomic E-state index is 0.0296. The van der Waals surface area contributed by atoms with E-state index in [4.69, 9.17) is 10.5 Å². The number of halogens is 1. The molecule has 0 aliphatic heterocycles. The van der Waals surface area contributed by atoms with E-state index < -0.39 is 22.9 Å². The summed E-state index contributed by atoms with van der Waals surface area (Å²) in [7, 11) is 0. The molecule has 0 radical (unpaired) electrons. The maximum absolute atomic E-state index is 11.6. The Hall–Kier alpha value is -1.96. The quantitative estimate of drug-likeness (QED) is 0.512. The van der Waals surface area contributed by atoms with Gasteiger partial charge in [0.15, 0.2) is 6.10 Å². The number of benzene rings is 1. The number of esters is 1. The van der Waals surface area contributed by atoms with Crippen LogP contribution in [0.5, 0.6) is 0 Å². The van der Waals surface area contributed by atoms with E-state index in [2.05, 4.69) is 15.9 Å². The molecule has 0 bridgehead atoms. The summed E-state index contributed by atoms with van der Waals surface area (Å²) < 4.78 is 4.96. The number of carbonyl (C=O) groups is 2. The van der Waals surface area contributed by atoms with Crippen molar-refractivity contribution in [3.8, 4) is 0 Å². The van der Waals surface area contributed by atoms with Crippen molar-refractivity contribution in [2.75, 3.05) is 0 Å².